The Morgan fingerprint density at radius 3 is 2.58 bits per heavy atom. The molecule has 1 spiro atoms. The van der Waals surface area contributed by atoms with Crippen LogP contribution in [0.15, 0.2) is 4.99 Å². The molecule has 0 unspecified atom stereocenters. The van der Waals surface area contributed by atoms with E-state index in [1.807, 2.05) is 0 Å². The van der Waals surface area contributed by atoms with Gasteiger partial charge in [-0.05, 0) is 50.4 Å². The minimum atomic E-state index is -3.22. The molecule has 0 radical (unpaired) electrons. The standard InChI is InChI=1S/C19H36N4O2S/c1-2-20-18(23-13-11-19(16-23)9-4-3-5-10-19)21-12-14-26(24,25)22-15-17-7-6-8-17/h17,22H,2-16H2,1H3,(H,20,21). The van der Waals surface area contributed by atoms with Crippen LogP contribution in [0, 0.1) is 11.3 Å². The topological polar surface area (TPSA) is 73.8 Å². The van der Waals surface area contributed by atoms with Gasteiger partial charge >= 0.3 is 0 Å². The zero-order valence-electron chi connectivity index (χ0n) is 16.3. The second-order valence-electron chi connectivity index (χ2n) is 8.43. The number of nitrogens with zero attached hydrogens (tertiary/aromatic N) is 2. The van der Waals surface area contributed by atoms with Gasteiger partial charge in [-0.15, -0.1) is 0 Å². The summed E-state index contributed by atoms with van der Waals surface area (Å²) in [7, 11) is -3.22. The molecular weight excluding hydrogens is 348 g/mol. The molecule has 2 aliphatic carbocycles. The van der Waals surface area contributed by atoms with Crippen LogP contribution in [0.4, 0.5) is 0 Å². The monoisotopic (exact) mass is 384 g/mol. The van der Waals surface area contributed by atoms with Crippen LogP contribution in [0.2, 0.25) is 0 Å². The third kappa shape index (κ3) is 5.35. The Morgan fingerprint density at radius 1 is 1.15 bits per heavy atom. The van der Waals surface area contributed by atoms with E-state index in [9.17, 15) is 8.42 Å². The van der Waals surface area contributed by atoms with Gasteiger partial charge in [-0.25, -0.2) is 13.1 Å². The smallest absolute Gasteiger partial charge is 0.213 e. The minimum Gasteiger partial charge on any atom is -0.357 e. The Labute approximate surface area is 159 Å². The number of hydrogen-bond donors (Lipinski definition) is 2. The van der Waals surface area contributed by atoms with Crippen LogP contribution in [-0.2, 0) is 10.0 Å². The first-order valence-corrected chi connectivity index (χ1v) is 12.2. The van der Waals surface area contributed by atoms with E-state index in [4.69, 9.17) is 0 Å². The van der Waals surface area contributed by atoms with Crippen LogP contribution in [-0.4, -0.2) is 57.8 Å². The second-order valence-corrected chi connectivity index (χ2v) is 10.4. The molecule has 1 heterocycles. The van der Waals surface area contributed by atoms with Gasteiger partial charge in [-0.1, -0.05) is 25.7 Å². The highest BCUT2D eigenvalue weighted by Gasteiger charge is 2.39. The molecule has 3 rings (SSSR count). The molecule has 0 atom stereocenters. The minimum absolute atomic E-state index is 0.0770. The van der Waals surface area contributed by atoms with E-state index in [0.717, 1.165) is 38.4 Å². The second kappa shape index (κ2) is 8.91. The summed E-state index contributed by atoms with van der Waals surface area (Å²) < 4.78 is 27.1. The Hall–Kier alpha value is -0.820. The number of rotatable bonds is 7. The third-order valence-corrected chi connectivity index (χ3v) is 7.75. The predicted molar refractivity (Wildman–Crippen MR) is 107 cm³/mol. The summed E-state index contributed by atoms with van der Waals surface area (Å²) in [6.07, 6.45) is 11.5. The van der Waals surface area contributed by atoms with Crippen LogP contribution in [0.1, 0.15) is 64.7 Å². The molecule has 1 aliphatic heterocycles. The Morgan fingerprint density at radius 2 is 1.92 bits per heavy atom. The van der Waals surface area contributed by atoms with Crippen molar-refractivity contribution in [2.24, 2.45) is 16.3 Å². The van der Waals surface area contributed by atoms with Crippen LogP contribution < -0.4 is 10.0 Å². The van der Waals surface area contributed by atoms with Gasteiger partial charge in [-0.3, -0.25) is 4.99 Å². The highest BCUT2D eigenvalue weighted by Crippen LogP contribution is 2.43. The zero-order valence-corrected chi connectivity index (χ0v) is 17.1. The van der Waals surface area contributed by atoms with Crippen molar-refractivity contribution in [3.05, 3.63) is 0 Å². The highest BCUT2D eigenvalue weighted by molar-refractivity contribution is 7.89. The van der Waals surface area contributed by atoms with Gasteiger partial charge in [-0.2, -0.15) is 0 Å². The molecule has 6 nitrogen and oxygen atoms in total. The molecule has 0 amide bonds. The van der Waals surface area contributed by atoms with Crippen LogP contribution in [0.5, 0.6) is 0 Å². The summed E-state index contributed by atoms with van der Waals surface area (Å²) in [6, 6.07) is 0. The molecular formula is C19H36N4O2S. The molecule has 1 saturated heterocycles. The summed E-state index contributed by atoms with van der Waals surface area (Å²) in [5, 5.41) is 3.36. The van der Waals surface area contributed by atoms with Gasteiger partial charge in [0.1, 0.15) is 0 Å². The normalized spacial score (nSPS) is 24.0. The fourth-order valence-corrected chi connectivity index (χ4v) is 5.50. The molecule has 0 aromatic carbocycles. The number of nitrogens with one attached hydrogen (secondary N) is 2. The van der Waals surface area contributed by atoms with Crippen molar-refractivity contribution in [1.82, 2.24) is 14.9 Å². The zero-order chi connectivity index (χ0) is 18.5. The van der Waals surface area contributed by atoms with Crippen molar-refractivity contribution in [3.8, 4) is 0 Å². The van der Waals surface area contributed by atoms with Crippen LogP contribution >= 0.6 is 0 Å². The quantitative estimate of drug-likeness (QED) is 0.522. The van der Waals surface area contributed by atoms with Gasteiger partial charge < -0.3 is 10.2 Å². The number of hydrogen-bond acceptors (Lipinski definition) is 3. The van der Waals surface area contributed by atoms with Gasteiger partial charge in [0.05, 0.1) is 12.3 Å². The van der Waals surface area contributed by atoms with Gasteiger partial charge in [0.15, 0.2) is 5.96 Å². The molecule has 3 aliphatic rings. The summed E-state index contributed by atoms with van der Waals surface area (Å²) in [5.41, 5.74) is 0.477. The Kier molecular flexibility index (Phi) is 6.83. The van der Waals surface area contributed by atoms with Gasteiger partial charge in [0, 0.05) is 26.2 Å². The maximum absolute atomic E-state index is 12.2. The first-order chi connectivity index (χ1) is 12.5. The summed E-state index contributed by atoms with van der Waals surface area (Å²) in [4.78, 5) is 6.98. The van der Waals surface area contributed by atoms with Crippen LogP contribution in [0.3, 0.4) is 0 Å². The molecule has 7 heteroatoms. The lowest BCUT2D eigenvalue weighted by molar-refractivity contribution is 0.203. The molecule has 2 N–H and O–H groups in total. The lowest BCUT2D eigenvalue weighted by Gasteiger charge is -2.33. The molecule has 0 aromatic heterocycles. The van der Waals surface area contributed by atoms with Crippen molar-refractivity contribution >= 4 is 16.0 Å². The van der Waals surface area contributed by atoms with Crippen LogP contribution in [0.25, 0.3) is 0 Å². The molecule has 3 fully saturated rings. The summed E-state index contributed by atoms with van der Waals surface area (Å²) in [6.45, 7) is 5.92. The lowest BCUT2D eigenvalue weighted by Crippen LogP contribution is -2.42. The number of sulfonamides is 1. The Bertz CT molecular complexity index is 580. The van der Waals surface area contributed by atoms with E-state index >= 15 is 0 Å². The van der Waals surface area contributed by atoms with E-state index in [1.165, 1.54) is 44.9 Å². The highest BCUT2D eigenvalue weighted by atomic mass is 32.2. The maximum Gasteiger partial charge on any atom is 0.213 e. The van der Waals surface area contributed by atoms with Crippen molar-refractivity contribution in [3.63, 3.8) is 0 Å². The van der Waals surface area contributed by atoms with Crippen molar-refractivity contribution in [2.75, 3.05) is 38.5 Å². The average Bonchev–Trinajstić information content (AvgIpc) is 2.96. The predicted octanol–water partition coefficient (Wildman–Crippen LogP) is 2.33. The number of guanidine groups is 1. The summed E-state index contributed by atoms with van der Waals surface area (Å²) in [5.74, 6) is 1.51. The lowest BCUT2D eigenvalue weighted by atomic mass is 9.73. The molecule has 150 valence electrons. The van der Waals surface area contributed by atoms with Crippen molar-refractivity contribution in [2.45, 2.75) is 64.7 Å². The van der Waals surface area contributed by atoms with E-state index in [1.54, 1.807) is 0 Å². The SMILES string of the molecule is CCNC(=NCCS(=O)(=O)NCC1CCC1)N1CCC2(CCCCC2)C1. The molecule has 0 aromatic rings. The Balaban J connectivity index is 1.50. The van der Waals surface area contributed by atoms with E-state index in [2.05, 4.69) is 26.9 Å². The number of likely N-dealkylation sites (tertiary alicyclic amines) is 1. The number of aliphatic imine (C=N–C) groups is 1. The maximum atomic E-state index is 12.2. The fraction of sp³-hybridized carbons (Fsp3) is 0.947. The van der Waals surface area contributed by atoms with Crippen molar-refractivity contribution < 1.29 is 8.42 Å². The molecule has 2 saturated carbocycles. The van der Waals surface area contributed by atoms with E-state index in [0.29, 0.717) is 24.4 Å². The molecule has 0 bridgehead atoms. The van der Waals surface area contributed by atoms with Crippen molar-refractivity contribution in [1.29, 1.82) is 0 Å². The summed E-state index contributed by atoms with van der Waals surface area (Å²) >= 11 is 0. The third-order valence-electron chi connectivity index (χ3n) is 6.43. The average molecular weight is 385 g/mol. The first-order valence-electron chi connectivity index (χ1n) is 10.5. The van der Waals surface area contributed by atoms with Gasteiger partial charge in [0.2, 0.25) is 10.0 Å². The van der Waals surface area contributed by atoms with Gasteiger partial charge in [0.25, 0.3) is 0 Å². The first kappa shape index (κ1) is 19.9. The van der Waals surface area contributed by atoms with E-state index < -0.39 is 10.0 Å². The fourth-order valence-electron chi connectivity index (χ4n) is 4.54. The molecule has 26 heavy (non-hydrogen) atoms. The largest absolute Gasteiger partial charge is 0.357 e. The van der Waals surface area contributed by atoms with E-state index in [-0.39, 0.29) is 5.75 Å².